The quantitative estimate of drug-likeness (QED) is 0.732. The van der Waals surface area contributed by atoms with Crippen molar-refractivity contribution in [1.82, 2.24) is 0 Å². The third-order valence-electron chi connectivity index (χ3n) is 4.49. The van der Waals surface area contributed by atoms with E-state index in [0.29, 0.717) is 0 Å². The number of anilines is 1. The predicted octanol–water partition coefficient (Wildman–Crippen LogP) is 4.80. The zero-order chi connectivity index (χ0) is 13.2. The Labute approximate surface area is 116 Å². The van der Waals surface area contributed by atoms with Crippen molar-refractivity contribution < 1.29 is 0 Å². The topological polar surface area (TPSA) is 3.24 Å². The Morgan fingerprint density at radius 1 is 1.21 bits per heavy atom. The van der Waals surface area contributed by atoms with Crippen LogP contribution in [-0.4, -0.2) is 7.05 Å². The van der Waals surface area contributed by atoms with Gasteiger partial charge in [0.05, 0.1) is 0 Å². The molecule has 1 atom stereocenters. The van der Waals surface area contributed by atoms with Crippen molar-refractivity contribution >= 4 is 5.69 Å². The van der Waals surface area contributed by atoms with E-state index in [-0.39, 0.29) is 0 Å². The van der Waals surface area contributed by atoms with Crippen molar-refractivity contribution in [3.05, 3.63) is 53.3 Å². The molecule has 2 aliphatic carbocycles. The number of aryl methyl sites for hydroxylation is 1. The van der Waals surface area contributed by atoms with Crippen LogP contribution in [0.2, 0.25) is 0 Å². The Bertz CT molecular complexity index is 524. The van der Waals surface area contributed by atoms with Crippen molar-refractivity contribution in [3.63, 3.8) is 0 Å². The molecule has 2 aliphatic rings. The number of benzene rings is 1. The first-order chi connectivity index (χ1) is 9.25. The van der Waals surface area contributed by atoms with Crippen molar-refractivity contribution in [2.75, 3.05) is 11.9 Å². The van der Waals surface area contributed by atoms with E-state index in [0.717, 1.165) is 12.3 Å². The molecule has 0 bridgehead atoms. The van der Waals surface area contributed by atoms with Crippen LogP contribution in [0.25, 0.3) is 0 Å². The van der Waals surface area contributed by atoms with E-state index in [4.69, 9.17) is 0 Å². The summed E-state index contributed by atoms with van der Waals surface area (Å²) in [5, 5.41) is 0. The van der Waals surface area contributed by atoms with E-state index >= 15 is 0 Å². The summed E-state index contributed by atoms with van der Waals surface area (Å²) in [4.78, 5) is 2.31. The van der Waals surface area contributed by atoms with Gasteiger partial charge in [-0.2, -0.15) is 0 Å². The van der Waals surface area contributed by atoms with E-state index in [2.05, 4.69) is 55.3 Å². The average Bonchev–Trinajstić information content (AvgIpc) is 2.47. The lowest BCUT2D eigenvalue weighted by molar-refractivity contribution is 0.590. The van der Waals surface area contributed by atoms with E-state index in [1.165, 1.54) is 37.1 Å². The van der Waals surface area contributed by atoms with Gasteiger partial charge in [0.1, 0.15) is 0 Å². The molecular formula is C18H23N. The first-order valence-corrected chi connectivity index (χ1v) is 7.49. The van der Waals surface area contributed by atoms with E-state index in [9.17, 15) is 0 Å². The minimum Gasteiger partial charge on any atom is -0.345 e. The maximum absolute atomic E-state index is 2.40. The average molecular weight is 253 g/mol. The van der Waals surface area contributed by atoms with Crippen LogP contribution < -0.4 is 4.90 Å². The molecule has 0 aliphatic heterocycles. The molecule has 0 unspecified atom stereocenters. The third kappa shape index (κ3) is 2.47. The molecule has 0 saturated heterocycles. The Morgan fingerprint density at radius 2 is 2.11 bits per heavy atom. The highest BCUT2D eigenvalue weighted by molar-refractivity contribution is 5.57. The van der Waals surface area contributed by atoms with Gasteiger partial charge in [0.25, 0.3) is 0 Å². The second kappa shape index (κ2) is 5.24. The zero-order valence-electron chi connectivity index (χ0n) is 12.0. The van der Waals surface area contributed by atoms with Crippen molar-refractivity contribution in [2.45, 2.75) is 44.9 Å². The van der Waals surface area contributed by atoms with Crippen LogP contribution in [0, 0.1) is 0 Å². The summed E-state index contributed by atoms with van der Waals surface area (Å²) in [6.07, 6.45) is 13.1. The maximum Gasteiger partial charge on any atom is 0.0410 e. The van der Waals surface area contributed by atoms with Crippen LogP contribution in [0.3, 0.4) is 0 Å². The molecule has 1 aromatic carbocycles. The summed E-state index contributed by atoms with van der Waals surface area (Å²) in [5.74, 6) is 0.733. The number of fused-ring (bicyclic) bond motifs is 1. The van der Waals surface area contributed by atoms with Gasteiger partial charge in [-0.1, -0.05) is 25.1 Å². The lowest BCUT2D eigenvalue weighted by Gasteiger charge is -2.27. The summed E-state index contributed by atoms with van der Waals surface area (Å²) < 4.78 is 0. The number of likely N-dealkylation sites (N-methyl/N-ethyl adjacent to an activating group) is 1. The summed E-state index contributed by atoms with van der Waals surface area (Å²) in [7, 11) is 2.18. The van der Waals surface area contributed by atoms with Crippen LogP contribution in [0.4, 0.5) is 5.69 Å². The van der Waals surface area contributed by atoms with Crippen LogP contribution in [0.15, 0.2) is 42.1 Å². The van der Waals surface area contributed by atoms with Crippen molar-refractivity contribution in [2.24, 2.45) is 0 Å². The second-order valence-corrected chi connectivity index (χ2v) is 5.84. The summed E-state index contributed by atoms with van der Waals surface area (Å²) in [5.41, 5.74) is 5.78. The summed E-state index contributed by atoms with van der Waals surface area (Å²) in [6, 6.07) is 7.02. The van der Waals surface area contributed by atoms with Crippen molar-refractivity contribution in [1.29, 1.82) is 0 Å². The van der Waals surface area contributed by atoms with Gasteiger partial charge in [0.2, 0.25) is 0 Å². The molecule has 0 N–H and O–H groups in total. The molecule has 0 saturated carbocycles. The normalized spacial score (nSPS) is 21.8. The largest absolute Gasteiger partial charge is 0.345 e. The van der Waals surface area contributed by atoms with Crippen LogP contribution in [0.1, 0.15) is 49.7 Å². The zero-order valence-corrected chi connectivity index (χ0v) is 12.0. The first kappa shape index (κ1) is 12.5. The fraction of sp³-hybridized carbons (Fsp3) is 0.444. The Hall–Kier alpha value is -1.50. The molecule has 19 heavy (non-hydrogen) atoms. The fourth-order valence-electron chi connectivity index (χ4n) is 3.25. The molecule has 0 fully saturated rings. The maximum atomic E-state index is 2.40. The van der Waals surface area contributed by atoms with Gasteiger partial charge in [-0.05, 0) is 67.4 Å². The van der Waals surface area contributed by atoms with Gasteiger partial charge in [-0.15, -0.1) is 0 Å². The molecular weight excluding hydrogens is 230 g/mol. The lowest BCUT2D eigenvalue weighted by atomic mass is 9.84. The van der Waals surface area contributed by atoms with Gasteiger partial charge in [0.15, 0.2) is 0 Å². The highest BCUT2D eigenvalue weighted by atomic mass is 15.1. The third-order valence-corrected chi connectivity index (χ3v) is 4.49. The van der Waals surface area contributed by atoms with E-state index < -0.39 is 0 Å². The monoisotopic (exact) mass is 253 g/mol. The van der Waals surface area contributed by atoms with Crippen LogP contribution in [-0.2, 0) is 6.42 Å². The number of hydrogen-bond acceptors (Lipinski definition) is 1. The molecule has 0 amide bonds. The molecule has 0 heterocycles. The number of nitrogens with zero attached hydrogens (tertiary/aromatic N) is 1. The Morgan fingerprint density at radius 3 is 2.89 bits per heavy atom. The molecule has 1 aromatic rings. The molecule has 100 valence electrons. The number of hydrogen-bond donors (Lipinski definition) is 0. The van der Waals surface area contributed by atoms with Crippen LogP contribution >= 0.6 is 0 Å². The minimum atomic E-state index is 0.733. The van der Waals surface area contributed by atoms with Crippen molar-refractivity contribution in [3.8, 4) is 0 Å². The second-order valence-electron chi connectivity index (χ2n) is 5.84. The molecule has 1 heteroatoms. The van der Waals surface area contributed by atoms with Gasteiger partial charge in [-0.3, -0.25) is 0 Å². The minimum absolute atomic E-state index is 0.733. The van der Waals surface area contributed by atoms with Crippen LogP contribution in [0.5, 0.6) is 0 Å². The van der Waals surface area contributed by atoms with Gasteiger partial charge in [-0.25, -0.2) is 0 Å². The summed E-state index contributed by atoms with van der Waals surface area (Å²) >= 11 is 0. The van der Waals surface area contributed by atoms with Gasteiger partial charge >= 0.3 is 0 Å². The smallest absolute Gasteiger partial charge is 0.0410 e. The Kier molecular flexibility index (Phi) is 3.46. The summed E-state index contributed by atoms with van der Waals surface area (Å²) in [6.45, 7) is 2.35. The van der Waals surface area contributed by atoms with E-state index in [1.807, 2.05) is 0 Å². The fourth-order valence-corrected chi connectivity index (χ4v) is 3.25. The van der Waals surface area contributed by atoms with Gasteiger partial charge < -0.3 is 4.90 Å². The standard InChI is InChI=1S/C18H23N/c1-14-7-6-8-15-13-17(11-12-18(14)15)19(2)16-9-4-3-5-10-16/h4,9-14H,3,5-8H2,1-2H3/t14-/m1/s1. The Balaban J connectivity index is 1.89. The molecule has 3 rings (SSSR count). The van der Waals surface area contributed by atoms with Gasteiger partial charge in [0, 0.05) is 18.4 Å². The molecule has 0 spiro atoms. The highest BCUT2D eigenvalue weighted by Crippen LogP contribution is 2.34. The van der Waals surface area contributed by atoms with E-state index in [1.54, 1.807) is 11.1 Å². The lowest BCUT2D eigenvalue weighted by Crippen LogP contribution is -2.17. The predicted molar refractivity (Wildman–Crippen MR) is 82.7 cm³/mol. The number of rotatable bonds is 2. The molecule has 1 nitrogen and oxygen atoms in total. The SMILES string of the molecule is C[C@@H]1CCCc2cc(N(C)C3=CCCC=C3)ccc21. The number of allylic oxidation sites excluding steroid dienone is 3. The molecule has 0 radical (unpaired) electrons. The highest BCUT2D eigenvalue weighted by Gasteiger charge is 2.17. The first-order valence-electron chi connectivity index (χ1n) is 7.49. The molecule has 0 aromatic heterocycles.